The third-order valence-electron chi connectivity index (χ3n) is 3.80. The summed E-state index contributed by atoms with van der Waals surface area (Å²) in [6.07, 6.45) is 0. The SMILES string of the molecule is COC(=O)[C@@H](C)CN(C)Cn1nc(-c2ccc(OC)c(OC)c2)oc1=S. The van der Waals surface area contributed by atoms with E-state index >= 15 is 0 Å². The second-order valence-electron chi connectivity index (χ2n) is 5.85. The number of methoxy groups -OCH3 is 3. The van der Waals surface area contributed by atoms with Crippen molar-refractivity contribution in [1.29, 1.82) is 0 Å². The number of aromatic nitrogens is 2. The summed E-state index contributed by atoms with van der Waals surface area (Å²) in [6.45, 7) is 2.70. The van der Waals surface area contributed by atoms with E-state index in [1.54, 1.807) is 38.0 Å². The molecule has 0 radical (unpaired) electrons. The van der Waals surface area contributed by atoms with Crippen molar-refractivity contribution in [3.63, 3.8) is 0 Å². The van der Waals surface area contributed by atoms with Crippen LogP contribution >= 0.6 is 12.2 Å². The topological polar surface area (TPSA) is 79.0 Å². The van der Waals surface area contributed by atoms with Gasteiger partial charge in [0.2, 0.25) is 5.89 Å². The molecule has 0 spiro atoms. The van der Waals surface area contributed by atoms with Gasteiger partial charge in [-0.15, -0.1) is 5.10 Å². The molecule has 0 N–H and O–H groups in total. The molecule has 1 aromatic heterocycles. The molecule has 0 saturated carbocycles. The summed E-state index contributed by atoms with van der Waals surface area (Å²) >= 11 is 5.25. The van der Waals surface area contributed by atoms with E-state index < -0.39 is 0 Å². The van der Waals surface area contributed by atoms with E-state index in [2.05, 4.69) is 5.10 Å². The van der Waals surface area contributed by atoms with Gasteiger partial charge in [0.25, 0.3) is 4.84 Å². The molecule has 2 aromatic rings. The Labute approximate surface area is 157 Å². The van der Waals surface area contributed by atoms with Gasteiger partial charge in [-0.25, -0.2) is 4.68 Å². The van der Waals surface area contributed by atoms with Gasteiger partial charge in [0, 0.05) is 12.1 Å². The van der Waals surface area contributed by atoms with Crippen LogP contribution in [0.2, 0.25) is 0 Å². The second kappa shape index (κ2) is 8.81. The highest BCUT2D eigenvalue weighted by Gasteiger charge is 2.17. The molecule has 0 unspecified atom stereocenters. The van der Waals surface area contributed by atoms with E-state index in [9.17, 15) is 4.79 Å². The maximum absolute atomic E-state index is 11.5. The lowest BCUT2D eigenvalue weighted by molar-refractivity contribution is -0.145. The molecular weight excluding hydrogens is 358 g/mol. The molecule has 1 atom stereocenters. The Morgan fingerprint density at radius 2 is 2.00 bits per heavy atom. The van der Waals surface area contributed by atoms with Crippen LogP contribution < -0.4 is 9.47 Å². The van der Waals surface area contributed by atoms with E-state index in [1.807, 2.05) is 18.0 Å². The zero-order valence-corrected chi connectivity index (χ0v) is 16.3. The number of carbonyl (C=O) groups is 1. The standard InChI is InChI=1S/C17H23N3O5S/c1-11(16(21)24-5)9-19(2)10-20-17(26)25-15(18-20)12-6-7-13(22-3)14(8-12)23-4/h6-8,11H,9-10H2,1-5H3/t11-/m0/s1. The first kappa shape index (κ1) is 19.9. The molecular formula is C17H23N3O5S. The van der Waals surface area contributed by atoms with Gasteiger partial charge < -0.3 is 18.6 Å². The quantitative estimate of drug-likeness (QED) is 0.510. The summed E-state index contributed by atoms with van der Waals surface area (Å²) in [6, 6.07) is 5.36. The van der Waals surface area contributed by atoms with Crippen molar-refractivity contribution in [2.75, 3.05) is 34.9 Å². The molecule has 1 aromatic carbocycles. The van der Waals surface area contributed by atoms with Crippen molar-refractivity contribution < 1.29 is 23.4 Å². The van der Waals surface area contributed by atoms with E-state index in [1.165, 1.54) is 7.11 Å². The number of esters is 1. The van der Waals surface area contributed by atoms with Crippen molar-refractivity contribution in [3.05, 3.63) is 23.0 Å². The second-order valence-corrected chi connectivity index (χ2v) is 6.20. The maximum atomic E-state index is 11.5. The lowest BCUT2D eigenvalue weighted by Gasteiger charge is -2.19. The first-order valence-electron chi connectivity index (χ1n) is 7.96. The Bertz CT molecular complexity index is 817. The summed E-state index contributed by atoms with van der Waals surface area (Å²) in [5, 5.41) is 4.41. The number of benzene rings is 1. The zero-order chi connectivity index (χ0) is 19.3. The molecule has 26 heavy (non-hydrogen) atoms. The summed E-state index contributed by atoms with van der Waals surface area (Å²) in [5.41, 5.74) is 0.720. The van der Waals surface area contributed by atoms with Crippen LogP contribution in [0.5, 0.6) is 11.5 Å². The minimum atomic E-state index is -0.258. The Morgan fingerprint density at radius 1 is 1.31 bits per heavy atom. The van der Waals surface area contributed by atoms with Gasteiger partial charge in [-0.05, 0) is 37.5 Å². The molecule has 0 saturated heterocycles. The van der Waals surface area contributed by atoms with E-state index in [-0.39, 0.29) is 16.7 Å². The van der Waals surface area contributed by atoms with Crippen LogP contribution in [0.15, 0.2) is 22.6 Å². The summed E-state index contributed by atoms with van der Waals surface area (Å²) in [7, 11) is 6.38. The average Bonchev–Trinajstić information content (AvgIpc) is 3.00. The molecule has 0 amide bonds. The Hall–Kier alpha value is -2.39. The Morgan fingerprint density at radius 3 is 2.62 bits per heavy atom. The van der Waals surface area contributed by atoms with Gasteiger partial charge in [-0.3, -0.25) is 9.69 Å². The van der Waals surface area contributed by atoms with Gasteiger partial charge in [0.1, 0.15) is 0 Å². The van der Waals surface area contributed by atoms with Crippen LogP contribution in [0.25, 0.3) is 11.5 Å². The van der Waals surface area contributed by atoms with Crippen molar-refractivity contribution in [3.8, 4) is 23.0 Å². The predicted molar refractivity (Wildman–Crippen MR) is 97.7 cm³/mol. The first-order valence-corrected chi connectivity index (χ1v) is 8.37. The number of nitrogens with zero attached hydrogens (tertiary/aromatic N) is 3. The molecule has 8 nitrogen and oxygen atoms in total. The highest BCUT2D eigenvalue weighted by molar-refractivity contribution is 7.71. The summed E-state index contributed by atoms with van der Waals surface area (Å²) < 4.78 is 22.4. The van der Waals surface area contributed by atoms with Crippen molar-refractivity contribution in [1.82, 2.24) is 14.7 Å². The van der Waals surface area contributed by atoms with Crippen LogP contribution in [-0.2, 0) is 16.2 Å². The van der Waals surface area contributed by atoms with Crippen molar-refractivity contribution in [2.24, 2.45) is 5.92 Å². The van der Waals surface area contributed by atoms with Gasteiger partial charge >= 0.3 is 5.97 Å². The van der Waals surface area contributed by atoms with Gasteiger partial charge in [-0.1, -0.05) is 6.92 Å². The largest absolute Gasteiger partial charge is 0.493 e. The van der Waals surface area contributed by atoms with Crippen molar-refractivity contribution >= 4 is 18.2 Å². The smallest absolute Gasteiger partial charge is 0.309 e. The van der Waals surface area contributed by atoms with Gasteiger partial charge in [0.05, 0.1) is 33.9 Å². The number of ether oxygens (including phenoxy) is 3. The third kappa shape index (κ3) is 4.61. The van der Waals surface area contributed by atoms with Crippen molar-refractivity contribution in [2.45, 2.75) is 13.6 Å². The fourth-order valence-corrected chi connectivity index (χ4v) is 2.69. The lowest BCUT2D eigenvalue weighted by atomic mass is 10.2. The van der Waals surface area contributed by atoms with Crippen LogP contribution in [-0.4, -0.2) is 55.6 Å². The lowest BCUT2D eigenvalue weighted by Crippen LogP contribution is -2.31. The molecule has 1 heterocycles. The van der Waals surface area contributed by atoms with E-state index in [0.717, 1.165) is 5.56 Å². The maximum Gasteiger partial charge on any atom is 0.309 e. The zero-order valence-electron chi connectivity index (χ0n) is 15.5. The molecule has 0 fully saturated rings. The number of hydrogen-bond donors (Lipinski definition) is 0. The molecule has 0 aliphatic rings. The monoisotopic (exact) mass is 381 g/mol. The highest BCUT2D eigenvalue weighted by atomic mass is 32.1. The molecule has 142 valence electrons. The van der Waals surface area contributed by atoms with E-state index in [0.29, 0.717) is 30.6 Å². The molecule has 9 heteroatoms. The fraction of sp³-hybridized carbons (Fsp3) is 0.471. The van der Waals surface area contributed by atoms with Gasteiger partial charge in [-0.2, -0.15) is 0 Å². The highest BCUT2D eigenvalue weighted by Crippen LogP contribution is 2.31. The summed E-state index contributed by atoms with van der Waals surface area (Å²) in [4.78, 5) is 13.7. The normalized spacial score (nSPS) is 12.1. The fourth-order valence-electron chi connectivity index (χ4n) is 2.51. The van der Waals surface area contributed by atoms with Crippen LogP contribution in [0.3, 0.4) is 0 Å². The van der Waals surface area contributed by atoms with Crippen LogP contribution in [0.1, 0.15) is 6.92 Å². The Balaban J connectivity index is 2.16. The molecule has 0 bridgehead atoms. The number of rotatable bonds is 8. The number of hydrogen-bond acceptors (Lipinski definition) is 8. The molecule has 2 rings (SSSR count). The molecule has 0 aliphatic carbocycles. The minimum absolute atomic E-state index is 0.243. The van der Waals surface area contributed by atoms with Crippen LogP contribution in [0, 0.1) is 10.8 Å². The average molecular weight is 381 g/mol. The minimum Gasteiger partial charge on any atom is -0.493 e. The van der Waals surface area contributed by atoms with Gasteiger partial charge in [0.15, 0.2) is 11.5 Å². The van der Waals surface area contributed by atoms with Crippen LogP contribution in [0.4, 0.5) is 0 Å². The third-order valence-corrected chi connectivity index (χ3v) is 4.10. The summed E-state index contributed by atoms with van der Waals surface area (Å²) in [5.74, 6) is 1.06. The Kier molecular flexibility index (Phi) is 6.76. The number of carbonyl (C=O) groups excluding carboxylic acids is 1. The molecule has 0 aliphatic heterocycles. The predicted octanol–water partition coefficient (Wildman–Crippen LogP) is 2.59. The first-order chi connectivity index (χ1) is 12.4. The van der Waals surface area contributed by atoms with E-state index in [4.69, 9.17) is 30.8 Å².